The Balaban J connectivity index is 0.00000204. The van der Waals surface area contributed by atoms with Gasteiger partial charge in [0.05, 0.1) is 29.6 Å². The van der Waals surface area contributed by atoms with Gasteiger partial charge in [-0.2, -0.15) is 0 Å². The number of oxazole rings is 1. The van der Waals surface area contributed by atoms with Crippen LogP contribution in [0.4, 0.5) is 0 Å². The number of hydrogen-bond acceptors (Lipinski definition) is 7. The molecule has 6 nitrogen and oxygen atoms in total. The molecule has 0 unspecified atom stereocenters. The number of aliphatic hydroxyl groups is 1. The van der Waals surface area contributed by atoms with Crippen molar-refractivity contribution in [3.63, 3.8) is 0 Å². The SMILES string of the molecule is C/C=C(\SCO)c1oc(-c2ccc(CN(C)C)cc2)nc1CC(=O)OCC.CC. The third-order valence-electron chi connectivity index (χ3n) is 3.72. The Hall–Kier alpha value is -2.09. The fourth-order valence-electron chi connectivity index (χ4n) is 2.60. The van der Waals surface area contributed by atoms with Crippen molar-refractivity contribution in [2.24, 2.45) is 0 Å². The van der Waals surface area contributed by atoms with Crippen molar-refractivity contribution in [3.05, 3.63) is 47.4 Å². The molecule has 160 valence electrons. The normalized spacial score (nSPS) is 11.2. The molecule has 2 rings (SSSR count). The summed E-state index contributed by atoms with van der Waals surface area (Å²) in [6.45, 7) is 8.78. The molecule has 1 N–H and O–H groups in total. The first-order valence-corrected chi connectivity index (χ1v) is 10.8. The largest absolute Gasteiger partial charge is 0.466 e. The highest BCUT2D eigenvalue weighted by Crippen LogP contribution is 2.33. The van der Waals surface area contributed by atoms with Crippen molar-refractivity contribution >= 4 is 22.6 Å². The molecular formula is C22H32N2O4S. The maximum Gasteiger partial charge on any atom is 0.312 e. The van der Waals surface area contributed by atoms with Crippen LogP contribution in [0.2, 0.25) is 0 Å². The van der Waals surface area contributed by atoms with Crippen molar-refractivity contribution in [3.8, 4) is 11.5 Å². The molecule has 0 atom stereocenters. The number of allylic oxidation sites excluding steroid dienone is 1. The van der Waals surface area contributed by atoms with Crippen molar-refractivity contribution in [1.82, 2.24) is 9.88 Å². The highest BCUT2D eigenvalue weighted by Gasteiger charge is 2.21. The van der Waals surface area contributed by atoms with E-state index in [2.05, 4.69) is 9.88 Å². The number of aromatic nitrogens is 1. The summed E-state index contributed by atoms with van der Waals surface area (Å²) in [5.74, 6) is 0.494. The van der Waals surface area contributed by atoms with Crippen molar-refractivity contribution < 1.29 is 19.1 Å². The molecule has 0 saturated carbocycles. The van der Waals surface area contributed by atoms with Crippen LogP contribution in [0.15, 0.2) is 34.8 Å². The Labute approximate surface area is 178 Å². The molecule has 0 aliphatic rings. The third-order valence-corrected chi connectivity index (χ3v) is 4.58. The fourth-order valence-corrected chi connectivity index (χ4v) is 3.20. The molecule has 1 aromatic heterocycles. The molecule has 0 aliphatic heterocycles. The molecule has 0 amide bonds. The maximum atomic E-state index is 11.9. The number of aliphatic hydroxyl groups excluding tert-OH is 1. The molecule has 0 bridgehead atoms. The summed E-state index contributed by atoms with van der Waals surface area (Å²) in [6, 6.07) is 7.97. The van der Waals surface area contributed by atoms with Crippen LogP contribution in [0, 0.1) is 0 Å². The van der Waals surface area contributed by atoms with Crippen molar-refractivity contribution in [1.29, 1.82) is 0 Å². The average Bonchev–Trinajstić information content (AvgIpc) is 3.11. The summed E-state index contributed by atoms with van der Waals surface area (Å²) in [5.41, 5.74) is 2.53. The van der Waals surface area contributed by atoms with E-state index in [9.17, 15) is 9.90 Å². The van der Waals surface area contributed by atoms with Crippen LogP contribution in [-0.4, -0.2) is 47.6 Å². The van der Waals surface area contributed by atoms with Gasteiger partial charge in [0, 0.05) is 12.1 Å². The summed E-state index contributed by atoms with van der Waals surface area (Å²) < 4.78 is 11.0. The zero-order valence-electron chi connectivity index (χ0n) is 18.2. The molecule has 1 aromatic carbocycles. The lowest BCUT2D eigenvalue weighted by molar-refractivity contribution is -0.142. The van der Waals surface area contributed by atoms with Gasteiger partial charge in [-0.1, -0.05) is 43.8 Å². The molecular weight excluding hydrogens is 388 g/mol. The minimum Gasteiger partial charge on any atom is -0.466 e. The van der Waals surface area contributed by atoms with Crippen LogP contribution in [0.1, 0.15) is 44.7 Å². The fraction of sp³-hybridized carbons (Fsp3) is 0.455. The third kappa shape index (κ3) is 7.68. The Morgan fingerprint density at radius 2 is 1.93 bits per heavy atom. The number of thioether (sulfide) groups is 1. The zero-order chi connectivity index (χ0) is 21.8. The molecule has 7 heteroatoms. The van der Waals surface area contributed by atoms with Gasteiger partial charge in [-0.25, -0.2) is 4.98 Å². The van der Waals surface area contributed by atoms with E-state index in [1.54, 1.807) is 6.92 Å². The first-order chi connectivity index (χ1) is 14.0. The van der Waals surface area contributed by atoms with E-state index in [1.807, 2.05) is 65.2 Å². The number of nitrogens with zero attached hydrogens (tertiary/aromatic N) is 2. The lowest BCUT2D eigenvalue weighted by Crippen LogP contribution is -2.10. The molecule has 0 saturated heterocycles. The van der Waals surface area contributed by atoms with Crippen LogP contribution in [0.3, 0.4) is 0 Å². The second-order valence-corrected chi connectivity index (χ2v) is 7.12. The molecule has 0 radical (unpaired) electrons. The van der Waals surface area contributed by atoms with Gasteiger partial charge >= 0.3 is 5.97 Å². The number of esters is 1. The van der Waals surface area contributed by atoms with E-state index in [4.69, 9.17) is 9.15 Å². The summed E-state index contributed by atoms with van der Waals surface area (Å²) in [5, 5.41) is 9.28. The first-order valence-electron chi connectivity index (χ1n) is 9.78. The highest BCUT2D eigenvalue weighted by atomic mass is 32.2. The number of benzene rings is 1. The Morgan fingerprint density at radius 3 is 2.45 bits per heavy atom. The van der Waals surface area contributed by atoms with Crippen molar-refractivity contribution in [2.45, 2.75) is 40.7 Å². The maximum absolute atomic E-state index is 11.9. The standard InChI is InChI=1S/C20H26N2O4S.C2H6/c1-5-17(27-13-23)19-16(11-18(24)25-6-2)21-20(26-19)15-9-7-14(8-10-15)12-22(3)4;1-2/h5,7-10,23H,6,11-13H2,1-4H3;1-2H3/b17-5-;. The van der Waals surface area contributed by atoms with Gasteiger partial charge in [-0.3, -0.25) is 4.79 Å². The van der Waals surface area contributed by atoms with E-state index in [0.717, 1.165) is 17.0 Å². The zero-order valence-corrected chi connectivity index (χ0v) is 19.0. The van der Waals surface area contributed by atoms with Crippen LogP contribution in [-0.2, 0) is 22.5 Å². The van der Waals surface area contributed by atoms with Crippen molar-refractivity contribution in [2.75, 3.05) is 26.6 Å². The molecule has 0 aliphatic carbocycles. The molecule has 0 spiro atoms. The number of carbonyl (C=O) groups excluding carboxylic acids is 1. The molecule has 29 heavy (non-hydrogen) atoms. The number of ether oxygens (including phenoxy) is 1. The summed E-state index contributed by atoms with van der Waals surface area (Å²) in [4.78, 5) is 19.3. The molecule has 0 fully saturated rings. The quantitative estimate of drug-likeness (QED) is 0.470. The summed E-state index contributed by atoms with van der Waals surface area (Å²) in [6.07, 6.45) is 1.86. The number of carbonyl (C=O) groups is 1. The monoisotopic (exact) mass is 420 g/mol. The van der Waals surface area contributed by atoms with E-state index in [0.29, 0.717) is 24.0 Å². The van der Waals surface area contributed by atoms with Crippen LogP contribution in [0.25, 0.3) is 16.4 Å². The van der Waals surface area contributed by atoms with E-state index in [-0.39, 0.29) is 18.3 Å². The number of hydrogen-bond donors (Lipinski definition) is 1. The summed E-state index contributed by atoms with van der Waals surface area (Å²) in [7, 11) is 4.04. The Morgan fingerprint density at radius 1 is 1.28 bits per heavy atom. The summed E-state index contributed by atoms with van der Waals surface area (Å²) >= 11 is 1.23. The predicted molar refractivity (Wildman–Crippen MR) is 119 cm³/mol. The van der Waals surface area contributed by atoms with Crippen LogP contribution >= 0.6 is 11.8 Å². The highest BCUT2D eigenvalue weighted by molar-refractivity contribution is 8.08. The number of rotatable bonds is 9. The van der Waals surface area contributed by atoms with Gasteiger partial charge in [0.15, 0.2) is 5.76 Å². The lowest BCUT2D eigenvalue weighted by atomic mass is 10.1. The van der Waals surface area contributed by atoms with Crippen LogP contribution in [0.5, 0.6) is 0 Å². The van der Waals surface area contributed by atoms with Gasteiger partial charge in [-0.05, 0) is 45.6 Å². The minimum atomic E-state index is -0.357. The topological polar surface area (TPSA) is 75.8 Å². The Bertz CT molecular complexity index is 783. The van der Waals surface area contributed by atoms with Gasteiger partial charge in [0.2, 0.25) is 5.89 Å². The smallest absolute Gasteiger partial charge is 0.312 e. The minimum absolute atomic E-state index is 0.0225. The van der Waals surface area contributed by atoms with Gasteiger partial charge in [0.25, 0.3) is 0 Å². The predicted octanol–water partition coefficient (Wildman–Crippen LogP) is 4.58. The van der Waals surface area contributed by atoms with Gasteiger partial charge < -0.3 is 19.2 Å². The Kier molecular flexibility index (Phi) is 11.3. The second kappa shape index (κ2) is 13.2. The first kappa shape index (κ1) is 24.9. The van der Waals surface area contributed by atoms with Gasteiger partial charge in [0.1, 0.15) is 0 Å². The van der Waals surface area contributed by atoms with E-state index in [1.165, 1.54) is 17.3 Å². The average molecular weight is 421 g/mol. The van der Waals surface area contributed by atoms with Crippen LogP contribution < -0.4 is 0 Å². The van der Waals surface area contributed by atoms with E-state index < -0.39 is 0 Å². The second-order valence-electron chi connectivity index (χ2n) is 6.14. The van der Waals surface area contributed by atoms with E-state index >= 15 is 0 Å². The molecule has 1 heterocycles. The molecule has 2 aromatic rings. The lowest BCUT2D eigenvalue weighted by Gasteiger charge is -2.09. The van der Waals surface area contributed by atoms with Gasteiger partial charge in [-0.15, -0.1) is 0 Å².